The molecule has 2 fully saturated rings. The number of aromatic nitrogens is 3. The molecule has 0 N–H and O–H groups in total. The lowest BCUT2D eigenvalue weighted by atomic mass is 9.86. The van der Waals surface area contributed by atoms with Gasteiger partial charge in [0.25, 0.3) is 0 Å². The Hall–Kier alpha value is -5.17. The van der Waals surface area contributed by atoms with Crippen LogP contribution in [0.4, 0.5) is 5.69 Å². The first-order valence-corrected chi connectivity index (χ1v) is 14.8. The molecular weight excluding hydrogens is 556 g/mol. The lowest BCUT2D eigenvalue weighted by Crippen LogP contribution is -2.64. The summed E-state index contributed by atoms with van der Waals surface area (Å²) in [7, 11) is 1.63. The molecule has 222 valence electrons. The maximum absolute atomic E-state index is 13.8. The van der Waals surface area contributed by atoms with E-state index in [2.05, 4.69) is 16.2 Å². The largest absolute Gasteiger partial charge is 0.497 e. The minimum absolute atomic E-state index is 0.0719. The van der Waals surface area contributed by atoms with Crippen LogP contribution in [0.2, 0.25) is 0 Å². The lowest BCUT2D eigenvalue weighted by Gasteiger charge is -2.49. The quantitative estimate of drug-likeness (QED) is 0.278. The van der Waals surface area contributed by atoms with Crippen LogP contribution in [0.15, 0.2) is 65.5 Å². The van der Waals surface area contributed by atoms with E-state index >= 15 is 0 Å². The van der Waals surface area contributed by atoms with Crippen molar-refractivity contribution in [1.29, 1.82) is 5.26 Å². The molecule has 10 nitrogen and oxygen atoms in total. The maximum atomic E-state index is 13.8. The molecule has 1 saturated carbocycles. The molecule has 1 saturated heterocycles. The van der Waals surface area contributed by atoms with Crippen LogP contribution in [0.3, 0.4) is 0 Å². The number of nitriles is 1. The molecule has 0 bridgehead atoms. The summed E-state index contributed by atoms with van der Waals surface area (Å²) in [5.74, 6) is 2.13. The summed E-state index contributed by atoms with van der Waals surface area (Å²) < 4.78 is 13.0. The molecule has 0 unspecified atom stereocenters. The fourth-order valence-corrected chi connectivity index (χ4v) is 6.06. The van der Waals surface area contributed by atoms with E-state index in [-0.39, 0.29) is 30.6 Å². The number of anilines is 1. The number of methoxy groups -OCH3 is 1. The summed E-state index contributed by atoms with van der Waals surface area (Å²) in [5.41, 5.74) is 4.55. The second kappa shape index (κ2) is 10.8. The number of aryl methyl sites for hydroxylation is 1. The highest BCUT2D eigenvalue weighted by molar-refractivity contribution is 6.06. The topological polar surface area (TPSA) is 117 Å². The first-order valence-electron chi connectivity index (χ1n) is 14.8. The summed E-state index contributed by atoms with van der Waals surface area (Å²) in [5, 5.41) is 14.3. The van der Waals surface area contributed by atoms with Crippen LogP contribution in [-0.4, -0.2) is 51.7 Å². The van der Waals surface area contributed by atoms with Crippen molar-refractivity contribution in [3.8, 4) is 22.9 Å². The average molecular weight is 589 g/mol. The van der Waals surface area contributed by atoms with Crippen molar-refractivity contribution in [3.63, 3.8) is 0 Å². The normalized spacial score (nSPS) is 17.3. The zero-order valence-corrected chi connectivity index (χ0v) is 24.7. The van der Waals surface area contributed by atoms with Crippen LogP contribution in [0, 0.1) is 24.2 Å². The van der Waals surface area contributed by atoms with E-state index in [1.807, 2.05) is 71.2 Å². The Kier molecular flexibility index (Phi) is 6.81. The van der Waals surface area contributed by atoms with Crippen LogP contribution < -0.4 is 9.64 Å². The molecule has 1 aliphatic carbocycles. The Labute approximate surface area is 255 Å². The van der Waals surface area contributed by atoms with Gasteiger partial charge in [-0.1, -0.05) is 24.3 Å². The van der Waals surface area contributed by atoms with Crippen molar-refractivity contribution in [1.82, 2.24) is 19.7 Å². The first-order chi connectivity index (χ1) is 21.4. The second-order valence-electron chi connectivity index (χ2n) is 11.9. The predicted octanol–water partition coefficient (Wildman–Crippen LogP) is 5.19. The number of ether oxygens (including phenoxy) is 1. The maximum Gasteiger partial charge on any atom is 0.231 e. The van der Waals surface area contributed by atoms with Crippen LogP contribution in [0.25, 0.3) is 22.8 Å². The van der Waals surface area contributed by atoms with Crippen molar-refractivity contribution in [2.24, 2.45) is 5.92 Å². The van der Waals surface area contributed by atoms with Crippen molar-refractivity contribution in [3.05, 3.63) is 83.8 Å². The van der Waals surface area contributed by atoms with Gasteiger partial charge < -0.3 is 19.0 Å². The molecule has 2 aliphatic heterocycles. The zero-order valence-electron chi connectivity index (χ0n) is 24.7. The van der Waals surface area contributed by atoms with E-state index in [4.69, 9.17) is 9.15 Å². The third-order valence-electron chi connectivity index (χ3n) is 8.71. The van der Waals surface area contributed by atoms with E-state index in [1.54, 1.807) is 24.4 Å². The number of hydrogen-bond acceptors (Lipinski definition) is 7. The monoisotopic (exact) mass is 588 g/mol. The van der Waals surface area contributed by atoms with E-state index in [0.717, 1.165) is 52.1 Å². The number of oxazole rings is 1. The molecule has 2 aromatic heterocycles. The van der Waals surface area contributed by atoms with E-state index in [9.17, 15) is 14.9 Å². The number of hydrogen-bond donors (Lipinski definition) is 0. The number of carbonyl (C=O) groups is 2. The standard InChI is InChI=1S/C34H32N6O4/c1-22-16-36-32(44-22)27-13-26-8-7-25(14-30(26)39(31(41)15-27)18-23-3-9-29(43-2)10-4-23)28-17-37-40(19-28)34(11-12-35)20-38(21-34)33(42)24-5-6-24/h3-4,7-10,13-14,16-17,19,24H,5-6,11,15,18,20-21H2,1-2H3. The molecule has 0 atom stereocenters. The van der Waals surface area contributed by atoms with Crippen molar-refractivity contribution < 1.29 is 18.7 Å². The molecule has 0 spiro atoms. The van der Waals surface area contributed by atoms with Crippen LogP contribution in [-0.2, 0) is 21.7 Å². The van der Waals surface area contributed by atoms with Gasteiger partial charge in [0.2, 0.25) is 17.7 Å². The number of carbonyl (C=O) groups excluding carboxylic acids is 2. The molecule has 2 aromatic carbocycles. The van der Waals surface area contributed by atoms with Crippen molar-refractivity contribution >= 4 is 29.2 Å². The number of rotatable bonds is 8. The smallest absolute Gasteiger partial charge is 0.231 e. The minimum Gasteiger partial charge on any atom is -0.497 e. The van der Waals surface area contributed by atoms with Gasteiger partial charge in [-0.05, 0) is 60.7 Å². The highest BCUT2D eigenvalue weighted by Crippen LogP contribution is 2.40. The van der Waals surface area contributed by atoms with Gasteiger partial charge in [0.05, 0.1) is 50.6 Å². The van der Waals surface area contributed by atoms with Gasteiger partial charge in [0.1, 0.15) is 17.0 Å². The molecular formula is C34H32N6O4. The summed E-state index contributed by atoms with van der Waals surface area (Å²) in [6.07, 6.45) is 9.69. The molecule has 4 aromatic rings. The number of benzene rings is 2. The van der Waals surface area contributed by atoms with Crippen molar-refractivity contribution in [2.75, 3.05) is 25.1 Å². The number of fused-ring (bicyclic) bond motifs is 1. The zero-order chi connectivity index (χ0) is 30.4. The Bertz CT molecular complexity index is 1820. The average Bonchev–Trinajstić information content (AvgIpc) is 3.62. The van der Waals surface area contributed by atoms with E-state index in [1.165, 1.54) is 0 Å². The Balaban J connectivity index is 1.23. The van der Waals surface area contributed by atoms with Crippen LogP contribution in [0.5, 0.6) is 5.75 Å². The fourth-order valence-electron chi connectivity index (χ4n) is 6.06. The molecule has 44 heavy (non-hydrogen) atoms. The lowest BCUT2D eigenvalue weighted by molar-refractivity contribution is -0.144. The van der Waals surface area contributed by atoms with Crippen LogP contribution in [0.1, 0.15) is 48.5 Å². The van der Waals surface area contributed by atoms with Crippen molar-refractivity contribution in [2.45, 2.75) is 44.7 Å². The van der Waals surface area contributed by atoms with Gasteiger partial charge in [0, 0.05) is 36.3 Å². The Morgan fingerprint density at radius 2 is 1.93 bits per heavy atom. The summed E-state index contributed by atoms with van der Waals surface area (Å²) >= 11 is 0. The van der Waals surface area contributed by atoms with Gasteiger partial charge in [0.15, 0.2) is 0 Å². The molecule has 10 heteroatoms. The first kappa shape index (κ1) is 27.7. The van der Waals surface area contributed by atoms with Gasteiger partial charge in [-0.2, -0.15) is 10.4 Å². The highest BCUT2D eigenvalue weighted by atomic mass is 16.5. The molecule has 0 radical (unpaired) electrons. The minimum atomic E-state index is -0.536. The van der Waals surface area contributed by atoms with E-state index < -0.39 is 5.54 Å². The molecule has 4 heterocycles. The summed E-state index contributed by atoms with van der Waals surface area (Å²) in [4.78, 5) is 34.5. The third-order valence-corrected chi connectivity index (χ3v) is 8.71. The summed E-state index contributed by atoms with van der Waals surface area (Å²) in [6, 6.07) is 16.0. The summed E-state index contributed by atoms with van der Waals surface area (Å²) in [6.45, 7) is 3.18. The number of nitrogens with zero attached hydrogens (tertiary/aromatic N) is 6. The molecule has 2 amide bonds. The molecule has 7 rings (SSSR count). The van der Waals surface area contributed by atoms with Gasteiger partial charge >= 0.3 is 0 Å². The van der Waals surface area contributed by atoms with Gasteiger partial charge in [-0.3, -0.25) is 14.3 Å². The second-order valence-corrected chi connectivity index (χ2v) is 11.9. The third kappa shape index (κ3) is 5.04. The van der Waals surface area contributed by atoms with Crippen LogP contribution >= 0.6 is 0 Å². The predicted molar refractivity (Wildman–Crippen MR) is 163 cm³/mol. The SMILES string of the molecule is COc1ccc(CN2C(=O)CC(c3ncc(C)o3)=Cc3ccc(-c4cnn(C5(CC#N)CN(C(=O)C6CC6)C5)c4)cc32)cc1. The fraction of sp³-hybridized carbons (Fsp3) is 0.324. The highest BCUT2D eigenvalue weighted by Gasteiger charge is 2.50. The Morgan fingerprint density at radius 3 is 2.61 bits per heavy atom. The van der Waals surface area contributed by atoms with E-state index in [0.29, 0.717) is 31.3 Å². The number of likely N-dealkylation sites (tertiary alicyclic amines) is 1. The molecule has 3 aliphatic rings. The number of amides is 2. The van der Waals surface area contributed by atoms with Gasteiger partial charge in [-0.25, -0.2) is 4.98 Å². The Morgan fingerprint density at radius 1 is 1.14 bits per heavy atom. The van der Waals surface area contributed by atoms with Gasteiger partial charge in [-0.15, -0.1) is 0 Å².